The van der Waals surface area contributed by atoms with E-state index in [1.54, 1.807) is 19.2 Å². The van der Waals surface area contributed by atoms with Gasteiger partial charge in [-0.05, 0) is 17.7 Å². The Labute approximate surface area is 89.6 Å². The van der Waals surface area contributed by atoms with Crippen molar-refractivity contribution in [1.82, 2.24) is 0 Å². The SMILES string of the molecule is COCCOCC(O)c1cccc(N)c1. The molecule has 4 heteroatoms. The van der Waals surface area contributed by atoms with Crippen molar-refractivity contribution in [1.29, 1.82) is 0 Å². The molecule has 0 aromatic heterocycles. The van der Waals surface area contributed by atoms with E-state index in [1.165, 1.54) is 0 Å². The maximum atomic E-state index is 9.72. The van der Waals surface area contributed by atoms with Crippen molar-refractivity contribution in [2.24, 2.45) is 0 Å². The van der Waals surface area contributed by atoms with Crippen molar-refractivity contribution in [2.45, 2.75) is 6.10 Å². The molecular weight excluding hydrogens is 194 g/mol. The molecule has 4 nitrogen and oxygen atoms in total. The van der Waals surface area contributed by atoms with Gasteiger partial charge in [-0.2, -0.15) is 0 Å². The Balaban J connectivity index is 2.36. The first-order valence-corrected chi connectivity index (χ1v) is 4.84. The largest absolute Gasteiger partial charge is 0.399 e. The number of hydrogen-bond acceptors (Lipinski definition) is 4. The molecule has 0 saturated heterocycles. The highest BCUT2D eigenvalue weighted by Crippen LogP contribution is 2.15. The number of methoxy groups -OCH3 is 1. The van der Waals surface area contributed by atoms with E-state index in [2.05, 4.69) is 0 Å². The highest BCUT2D eigenvalue weighted by Gasteiger charge is 2.07. The molecule has 0 aliphatic heterocycles. The quantitative estimate of drug-likeness (QED) is 0.543. The van der Waals surface area contributed by atoms with Crippen LogP contribution in [0.15, 0.2) is 24.3 Å². The lowest BCUT2D eigenvalue weighted by molar-refractivity contribution is 0.0126. The van der Waals surface area contributed by atoms with E-state index < -0.39 is 6.10 Å². The van der Waals surface area contributed by atoms with Gasteiger partial charge in [0.1, 0.15) is 6.10 Å². The first kappa shape index (κ1) is 12.0. The fourth-order valence-corrected chi connectivity index (χ4v) is 1.20. The van der Waals surface area contributed by atoms with E-state index >= 15 is 0 Å². The fraction of sp³-hybridized carbons (Fsp3) is 0.455. The van der Waals surface area contributed by atoms with E-state index in [1.807, 2.05) is 12.1 Å². The van der Waals surface area contributed by atoms with Crippen LogP contribution in [0.2, 0.25) is 0 Å². The highest BCUT2D eigenvalue weighted by atomic mass is 16.5. The minimum atomic E-state index is -0.634. The first-order valence-electron chi connectivity index (χ1n) is 4.84. The van der Waals surface area contributed by atoms with Crippen LogP contribution >= 0.6 is 0 Å². The average Bonchev–Trinajstić information content (AvgIpc) is 2.24. The molecule has 1 aromatic carbocycles. The molecular formula is C11H17NO3. The summed E-state index contributed by atoms with van der Waals surface area (Å²) in [6, 6.07) is 7.15. The number of aliphatic hydroxyl groups is 1. The third-order valence-corrected chi connectivity index (χ3v) is 2.00. The number of benzene rings is 1. The number of aliphatic hydroxyl groups excluding tert-OH is 1. The van der Waals surface area contributed by atoms with Crippen molar-refractivity contribution >= 4 is 5.69 Å². The summed E-state index contributed by atoms with van der Waals surface area (Å²) in [5.74, 6) is 0. The molecule has 84 valence electrons. The first-order chi connectivity index (χ1) is 7.24. The molecule has 0 radical (unpaired) electrons. The molecule has 1 atom stereocenters. The Kier molecular flexibility index (Phi) is 5.10. The van der Waals surface area contributed by atoms with Crippen LogP contribution in [0, 0.1) is 0 Å². The topological polar surface area (TPSA) is 64.7 Å². The van der Waals surface area contributed by atoms with Crippen LogP contribution in [-0.2, 0) is 9.47 Å². The summed E-state index contributed by atoms with van der Waals surface area (Å²) >= 11 is 0. The summed E-state index contributed by atoms with van der Waals surface area (Å²) in [5.41, 5.74) is 7.01. The van der Waals surface area contributed by atoms with Crippen molar-refractivity contribution < 1.29 is 14.6 Å². The zero-order valence-electron chi connectivity index (χ0n) is 8.85. The molecule has 0 aliphatic carbocycles. The van der Waals surface area contributed by atoms with Crippen LogP contribution in [0.5, 0.6) is 0 Å². The zero-order chi connectivity index (χ0) is 11.1. The van der Waals surface area contributed by atoms with E-state index in [0.29, 0.717) is 18.9 Å². The third-order valence-electron chi connectivity index (χ3n) is 2.00. The Morgan fingerprint density at radius 2 is 2.20 bits per heavy atom. The van der Waals surface area contributed by atoms with Crippen LogP contribution in [0.25, 0.3) is 0 Å². The predicted molar refractivity (Wildman–Crippen MR) is 58.5 cm³/mol. The maximum Gasteiger partial charge on any atom is 0.102 e. The maximum absolute atomic E-state index is 9.72. The Morgan fingerprint density at radius 1 is 1.40 bits per heavy atom. The molecule has 0 fully saturated rings. The van der Waals surface area contributed by atoms with E-state index in [9.17, 15) is 5.11 Å². The molecule has 0 heterocycles. The molecule has 0 saturated carbocycles. The number of anilines is 1. The van der Waals surface area contributed by atoms with Crippen LogP contribution in [-0.4, -0.2) is 32.0 Å². The van der Waals surface area contributed by atoms with Crippen LogP contribution < -0.4 is 5.73 Å². The lowest BCUT2D eigenvalue weighted by Gasteiger charge is -2.11. The summed E-state index contributed by atoms with van der Waals surface area (Å²) in [5, 5.41) is 9.72. The molecule has 15 heavy (non-hydrogen) atoms. The molecule has 3 N–H and O–H groups in total. The Hall–Kier alpha value is -1.10. The monoisotopic (exact) mass is 211 g/mol. The van der Waals surface area contributed by atoms with Gasteiger partial charge < -0.3 is 20.3 Å². The molecule has 0 bridgehead atoms. The van der Waals surface area contributed by atoms with E-state index in [4.69, 9.17) is 15.2 Å². The minimum Gasteiger partial charge on any atom is -0.399 e. The van der Waals surface area contributed by atoms with Gasteiger partial charge in [0.25, 0.3) is 0 Å². The van der Waals surface area contributed by atoms with Gasteiger partial charge in [-0.15, -0.1) is 0 Å². The normalized spacial score (nSPS) is 12.7. The number of hydrogen-bond donors (Lipinski definition) is 2. The Bertz CT molecular complexity index is 291. The van der Waals surface area contributed by atoms with Gasteiger partial charge in [0, 0.05) is 12.8 Å². The van der Waals surface area contributed by atoms with Crippen LogP contribution in [0.1, 0.15) is 11.7 Å². The second-order valence-electron chi connectivity index (χ2n) is 3.25. The zero-order valence-corrected chi connectivity index (χ0v) is 8.85. The molecule has 0 amide bonds. The summed E-state index contributed by atoms with van der Waals surface area (Å²) < 4.78 is 10.0. The van der Waals surface area contributed by atoms with E-state index in [0.717, 1.165) is 5.56 Å². The van der Waals surface area contributed by atoms with Crippen molar-refractivity contribution in [2.75, 3.05) is 32.7 Å². The smallest absolute Gasteiger partial charge is 0.102 e. The molecule has 1 aromatic rings. The third kappa shape index (κ3) is 4.29. The molecule has 0 aliphatic rings. The van der Waals surface area contributed by atoms with Gasteiger partial charge in [0.15, 0.2) is 0 Å². The second-order valence-corrected chi connectivity index (χ2v) is 3.25. The second kappa shape index (κ2) is 6.40. The molecule has 0 spiro atoms. The number of ether oxygens (including phenoxy) is 2. The van der Waals surface area contributed by atoms with Crippen molar-refractivity contribution in [3.8, 4) is 0 Å². The van der Waals surface area contributed by atoms with E-state index in [-0.39, 0.29) is 6.61 Å². The summed E-state index contributed by atoms with van der Waals surface area (Å²) in [6.45, 7) is 1.27. The minimum absolute atomic E-state index is 0.257. The van der Waals surface area contributed by atoms with Gasteiger partial charge in [-0.25, -0.2) is 0 Å². The van der Waals surface area contributed by atoms with Crippen LogP contribution in [0.3, 0.4) is 0 Å². The number of nitrogens with two attached hydrogens (primary N) is 1. The number of rotatable bonds is 6. The Morgan fingerprint density at radius 3 is 2.87 bits per heavy atom. The van der Waals surface area contributed by atoms with Gasteiger partial charge in [0.2, 0.25) is 0 Å². The molecule has 1 rings (SSSR count). The highest BCUT2D eigenvalue weighted by molar-refractivity contribution is 5.41. The summed E-state index contributed by atoms with van der Waals surface area (Å²) in [4.78, 5) is 0. The van der Waals surface area contributed by atoms with Gasteiger partial charge in [-0.1, -0.05) is 12.1 Å². The van der Waals surface area contributed by atoms with Gasteiger partial charge in [0.05, 0.1) is 19.8 Å². The van der Waals surface area contributed by atoms with Crippen molar-refractivity contribution in [3.63, 3.8) is 0 Å². The molecule has 1 unspecified atom stereocenters. The summed E-state index contributed by atoms with van der Waals surface area (Å²) in [6.07, 6.45) is -0.634. The van der Waals surface area contributed by atoms with Gasteiger partial charge in [-0.3, -0.25) is 0 Å². The number of nitrogen functional groups attached to an aromatic ring is 1. The fourth-order valence-electron chi connectivity index (χ4n) is 1.20. The van der Waals surface area contributed by atoms with Crippen LogP contribution in [0.4, 0.5) is 5.69 Å². The van der Waals surface area contributed by atoms with Crippen molar-refractivity contribution in [3.05, 3.63) is 29.8 Å². The lowest BCUT2D eigenvalue weighted by Crippen LogP contribution is -2.10. The average molecular weight is 211 g/mol. The van der Waals surface area contributed by atoms with Gasteiger partial charge >= 0.3 is 0 Å². The lowest BCUT2D eigenvalue weighted by atomic mass is 10.1. The predicted octanol–water partition coefficient (Wildman–Crippen LogP) is 0.965. The standard InChI is InChI=1S/C11H17NO3/c1-14-5-6-15-8-11(13)9-3-2-4-10(12)7-9/h2-4,7,11,13H,5-6,8,12H2,1H3. The summed E-state index contributed by atoms with van der Waals surface area (Å²) in [7, 11) is 1.61.